The molecule has 1 aromatic carbocycles. The number of hydrogen-bond donors (Lipinski definition) is 0. The summed E-state index contributed by atoms with van der Waals surface area (Å²) >= 11 is 5.24. The Morgan fingerprint density at radius 2 is 2.00 bits per heavy atom. The summed E-state index contributed by atoms with van der Waals surface area (Å²) in [5, 5.41) is 4.41. The lowest BCUT2D eigenvalue weighted by Crippen LogP contribution is -2.22. The van der Waals surface area contributed by atoms with Crippen LogP contribution in [0.5, 0.6) is 0 Å². The van der Waals surface area contributed by atoms with Crippen LogP contribution in [0, 0.1) is 4.84 Å². The quantitative estimate of drug-likeness (QED) is 0.717. The predicted molar refractivity (Wildman–Crippen MR) is 98.6 cm³/mol. The minimum atomic E-state index is -2.97. The van der Waals surface area contributed by atoms with Crippen LogP contribution in [0.1, 0.15) is 36.3 Å². The lowest BCUT2D eigenvalue weighted by molar-refractivity contribution is 0.240. The number of nitrogens with zero attached hydrogens (tertiary/aromatic N) is 3. The van der Waals surface area contributed by atoms with Crippen molar-refractivity contribution in [2.24, 2.45) is 0 Å². The van der Waals surface area contributed by atoms with Crippen LogP contribution in [0.4, 0.5) is 0 Å². The van der Waals surface area contributed by atoms with Crippen molar-refractivity contribution in [2.45, 2.75) is 38.9 Å². The summed E-state index contributed by atoms with van der Waals surface area (Å²) in [7, 11) is -0.980. The van der Waals surface area contributed by atoms with Crippen molar-refractivity contribution in [1.29, 1.82) is 0 Å². The van der Waals surface area contributed by atoms with Gasteiger partial charge in [-0.2, -0.15) is 0 Å². The summed E-state index contributed by atoms with van der Waals surface area (Å²) in [6.45, 7) is 3.41. The van der Waals surface area contributed by atoms with Gasteiger partial charge in [0.15, 0.2) is 9.84 Å². The fourth-order valence-corrected chi connectivity index (χ4v) is 4.95. The van der Waals surface area contributed by atoms with E-state index < -0.39 is 9.84 Å². The van der Waals surface area contributed by atoms with Crippen LogP contribution in [-0.2, 0) is 29.5 Å². The van der Waals surface area contributed by atoms with Crippen molar-refractivity contribution >= 4 is 22.1 Å². The zero-order valence-corrected chi connectivity index (χ0v) is 16.1. The monoisotopic (exact) mass is 381 g/mol. The number of aryl methyl sites for hydroxylation is 1. The first-order valence-corrected chi connectivity index (χ1v) is 10.6. The number of hydrogen-bond acceptors (Lipinski definition) is 6. The van der Waals surface area contributed by atoms with E-state index in [1.54, 1.807) is 4.68 Å². The molecule has 0 N–H and O–H groups in total. The molecule has 0 amide bonds. The summed E-state index contributed by atoms with van der Waals surface area (Å²) < 4.78 is 30.4. The third kappa shape index (κ3) is 4.56. The molecule has 0 bridgehead atoms. The molecule has 0 spiro atoms. The molecule has 1 atom stereocenters. The van der Waals surface area contributed by atoms with E-state index in [1.165, 1.54) is 11.1 Å². The predicted octanol–water partition coefficient (Wildman–Crippen LogP) is 2.76. The van der Waals surface area contributed by atoms with Gasteiger partial charge in [0.2, 0.25) is 5.89 Å². The Balaban J connectivity index is 1.65. The van der Waals surface area contributed by atoms with Gasteiger partial charge >= 0.3 is 0 Å². The van der Waals surface area contributed by atoms with Gasteiger partial charge in [-0.1, -0.05) is 31.2 Å². The second-order valence-corrected chi connectivity index (χ2v) is 9.21. The Hall–Kier alpha value is -1.51. The third-order valence-corrected chi connectivity index (χ3v) is 6.52. The highest BCUT2D eigenvalue weighted by molar-refractivity contribution is 7.91. The Labute approximate surface area is 153 Å². The molecule has 8 heteroatoms. The molecule has 2 heterocycles. The van der Waals surface area contributed by atoms with Crippen LogP contribution in [0.25, 0.3) is 0 Å². The average Bonchev–Trinajstić information content (AvgIpc) is 3.11. The highest BCUT2D eigenvalue weighted by Gasteiger charge is 2.32. The third-order valence-electron chi connectivity index (χ3n) is 4.46. The molecular weight excluding hydrogens is 358 g/mol. The van der Waals surface area contributed by atoms with Gasteiger partial charge in [0.1, 0.15) is 0 Å². The highest BCUT2D eigenvalue weighted by atomic mass is 32.2. The van der Waals surface area contributed by atoms with Crippen molar-refractivity contribution in [1.82, 2.24) is 14.7 Å². The standard InChI is InChI=1S/C17H23N3O3S2/c1-3-13-4-6-14(7-5-13)10-19(2)12-20-17(24)23-16(18-20)15-8-9-25(21,22)11-15/h4-7,15H,3,8-12H2,1-2H3/t15-/m1/s1. The molecule has 136 valence electrons. The maximum atomic E-state index is 11.6. The van der Waals surface area contributed by atoms with Crippen molar-refractivity contribution < 1.29 is 12.8 Å². The lowest BCUT2D eigenvalue weighted by atomic mass is 10.1. The highest BCUT2D eigenvalue weighted by Crippen LogP contribution is 2.27. The fraction of sp³-hybridized carbons (Fsp3) is 0.529. The SMILES string of the molecule is CCc1ccc(CN(C)Cn2nc([C@@H]3CCS(=O)(=O)C3)oc2=S)cc1. The van der Waals surface area contributed by atoms with Gasteiger partial charge in [-0.15, -0.1) is 5.10 Å². The summed E-state index contributed by atoms with van der Waals surface area (Å²) in [4.78, 5) is 2.38. The second-order valence-electron chi connectivity index (χ2n) is 6.63. The first-order valence-electron chi connectivity index (χ1n) is 8.41. The van der Waals surface area contributed by atoms with Gasteiger partial charge in [0.05, 0.1) is 24.1 Å². The van der Waals surface area contributed by atoms with E-state index in [-0.39, 0.29) is 22.3 Å². The topological polar surface area (TPSA) is 68.3 Å². The van der Waals surface area contributed by atoms with E-state index in [1.807, 2.05) is 7.05 Å². The minimum absolute atomic E-state index is 0.0991. The van der Waals surface area contributed by atoms with Crippen LogP contribution in [0.3, 0.4) is 0 Å². The second kappa shape index (κ2) is 7.39. The Morgan fingerprint density at radius 3 is 2.60 bits per heavy atom. The number of sulfone groups is 1. The van der Waals surface area contributed by atoms with E-state index in [2.05, 4.69) is 41.2 Å². The molecule has 0 saturated carbocycles. The zero-order chi connectivity index (χ0) is 18.0. The Kier molecular flexibility index (Phi) is 5.41. The van der Waals surface area contributed by atoms with E-state index in [9.17, 15) is 8.42 Å². The molecule has 6 nitrogen and oxygen atoms in total. The van der Waals surface area contributed by atoms with E-state index in [0.29, 0.717) is 19.0 Å². The molecule has 1 aromatic heterocycles. The van der Waals surface area contributed by atoms with Crippen LogP contribution in [0.2, 0.25) is 0 Å². The maximum Gasteiger partial charge on any atom is 0.288 e. The Bertz CT molecular complexity index is 885. The number of rotatable bonds is 6. The van der Waals surface area contributed by atoms with Crippen LogP contribution in [-0.4, -0.2) is 41.7 Å². The lowest BCUT2D eigenvalue weighted by Gasteiger charge is -2.16. The van der Waals surface area contributed by atoms with E-state index >= 15 is 0 Å². The van der Waals surface area contributed by atoms with Crippen molar-refractivity contribution in [2.75, 3.05) is 18.6 Å². The largest absolute Gasteiger partial charge is 0.414 e. The molecule has 3 rings (SSSR count). The summed E-state index contributed by atoms with van der Waals surface area (Å²) in [5.74, 6) is 0.550. The molecular formula is C17H23N3O3S2. The maximum absolute atomic E-state index is 11.6. The van der Waals surface area contributed by atoms with E-state index in [0.717, 1.165) is 13.0 Å². The molecule has 1 aliphatic heterocycles. The van der Waals surface area contributed by atoms with E-state index in [4.69, 9.17) is 16.6 Å². The number of aromatic nitrogens is 2. The fourth-order valence-electron chi connectivity index (χ4n) is 3.04. The van der Waals surface area contributed by atoms with Crippen molar-refractivity contribution in [3.63, 3.8) is 0 Å². The molecule has 1 saturated heterocycles. The summed E-state index contributed by atoms with van der Waals surface area (Å²) in [6.07, 6.45) is 1.58. The van der Waals surface area contributed by atoms with Crippen molar-refractivity contribution in [3.8, 4) is 0 Å². The smallest absolute Gasteiger partial charge is 0.288 e. The van der Waals surface area contributed by atoms with Gasteiger partial charge in [-0.05, 0) is 43.2 Å². The normalized spacial score (nSPS) is 19.6. The van der Waals surface area contributed by atoms with Gasteiger partial charge in [-0.3, -0.25) is 4.90 Å². The summed E-state index contributed by atoms with van der Waals surface area (Å²) in [6, 6.07) is 8.55. The van der Waals surface area contributed by atoms with Crippen LogP contribution >= 0.6 is 12.2 Å². The zero-order valence-electron chi connectivity index (χ0n) is 14.5. The molecule has 2 aromatic rings. The average molecular weight is 382 g/mol. The molecule has 25 heavy (non-hydrogen) atoms. The molecule has 0 unspecified atom stereocenters. The molecule has 0 aliphatic carbocycles. The van der Waals surface area contributed by atoms with Gasteiger partial charge in [0.25, 0.3) is 4.84 Å². The first-order chi connectivity index (χ1) is 11.9. The van der Waals surface area contributed by atoms with Crippen LogP contribution < -0.4 is 0 Å². The van der Waals surface area contributed by atoms with Gasteiger partial charge in [-0.25, -0.2) is 13.1 Å². The summed E-state index contributed by atoms with van der Waals surface area (Å²) in [5.41, 5.74) is 2.54. The number of benzene rings is 1. The van der Waals surface area contributed by atoms with Gasteiger partial charge in [0, 0.05) is 6.54 Å². The molecule has 1 fully saturated rings. The van der Waals surface area contributed by atoms with Crippen molar-refractivity contribution in [3.05, 3.63) is 46.1 Å². The molecule has 0 radical (unpaired) electrons. The molecule has 1 aliphatic rings. The minimum Gasteiger partial charge on any atom is -0.414 e. The Morgan fingerprint density at radius 1 is 1.32 bits per heavy atom. The van der Waals surface area contributed by atoms with Crippen LogP contribution in [0.15, 0.2) is 28.7 Å². The van der Waals surface area contributed by atoms with Gasteiger partial charge < -0.3 is 4.42 Å². The first kappa shape index (κ1) is 18.3.